The van der Waals surface area contributed by atoms with E-state index in [0.29, 0.717) is 53.3 Å². The second-order valence-corrected chi connectivity index (χ2v) is 16.1. The molecule has 1 aliphatic heterocycles. The van der Waals surface area contributed by atoms with Crippen LogP contribution in [-0.4, -0.2) is 119 Å². The molecule has 2 rings (SSSR count). The molecule has 26 heteroatoms. The molecule has 1 aromatic carbocycles. The summed E-state index contributed by atoms with van der Waals surface area (Å²) in [4.78, 5) is 38.9. The van der Waals surface area contributed by atoms with Crippen molar-refractivity contribution in [2.45, 2.75) is 24.6 Å². The molecule has 6 N–H and O–H groups in total. The average Bonchev–Trinajstić information content (AvgIpc) is 3.34. The highest BCUT2D eigenvalue weighted by Crippen LogP contribution is 2.67. The van der Waals surface area contributed by atoms with Crippen molar-refractivity contribution < 1.29 is 88.2 Å². The minimum atomic E-state index is -5.64. The summed E-state index contributed by atoms with van der Waals surface area (Å²) in [5.41, 5.74) is 5.57. The number of nitrogens with two attached hydrogens (primary N) is 1. The highest BCUT2D eigenvalue weighted by molar-refractivity contribution is 7.66. The predicted octanol–water partition coefficient (Wildman–Crippen LogP) is 1.33. The maximum atomic E-state index is 12.9. The first-order valence-electron chi connectivity index (χ1n) is 14.2. The van der Waals surface area contributed by atoms with E-state index in [1.54, 1.807) is 7.85 Å². The normalized spacial score (nSPS) is 22.6. The van der Waals surface area contributed by atoms with Gasteiger partial charge in [0.15, 0.2) is 0 Å². The largest absolute Gasteiger partial charge is 0.527 e. The molecule has 1 aliphatic rings. The molecule has 280 valence electrons. The summed E-state index contributed by atoms with van der Waals surface area (Å²) in [7, 11) is -18.8. The second kappa shape index (κ2) is 21.7. The molecule has 0 amide bonds. The minimum absolute atomic E-state index is 0.00285. The molecule has 20 nitrogen and oxygen atoms in total. The van der Waals surface area contributed by atoms with Gasteiger partial charge in [0.05, 0.1) is 57.9 Å². The third-order valence-corrected chi connectivity index (χ3v) is 11.2. The molecule has 0 saturated carbocycles. The first kappa shape index (κ1) is 44.4. The fourth-order valence-electron chi connectivity index (χ4n) is 3.66. The van der Waals surface area contributed by atoms with Crippen molar-refractivity contribution in [3.63, 3.8) is 0 Å². The number of hydrogen-bond donors (Lipinski definition) is 5. The number of hydrogen-bond acceptors (Lipinski definition) is 16. The smallest absolute Gasteiger partial charge is 0.404 e. The Labute approximate surface area is 288 Å². The molecule has 0 aliphatic carbocycles. The van der Waals surface area contributed by atoms with Crippen molar-refractivity contribution in [1.29, 1.82) is 0 Å². The van der Waals surface area contributed by atoms with Gasteiger partial charge in [-0.1, -0.05) is 23.4 Å². The second-order valence-electron chi connectivity index (χ2n) is 9.59. The molecule has 1 saturated heterocycles. The Morgan fingerprint density at radius 3 is 2.10 bits per heavy atom. The molecule has 1 fully saturated rings. The van der Waals surface area contributed by atoms with E-state index in [1.165, 1.54) is 18.2 Å². The lowest BCUT2D eigenvalue weighted by Gasteiger charge is -2.23. The SMILES string of the molecule is BC1CC(OP(=O)(O)Oc2ccc(Cl)c(C#CCOCCOCCOCCOCCN)c2)C(COP(=O)(O)OP(=O)(O)OP(=O)(O)OC)O1. The van der Waals surface area contributed by atoms with Gasteiger partial charge in [-0.25, -0.2) is 18.3 Å². The van der Waals surface area contributed by atoms with E-state index in [-0.39, 0.29) is 36.0 Å². The maximum Gasteiger partial charge on any atom is 0.527 e. The van der Waals surface area contributed by atoms with Gasteiger partial charge in [0.1, 0.15) is 32.4 Å². The fraction of sp³-hybridized carbons (Fsp3) is 0.652. The van der Waals surface area contributed by atoms with Crippen LogP contribution in [-0.2, 0) is 64.1 Å². The van der Waals surface area contributed by atoms with Crippen molar-refractivity contribution in [2.24, 2.45) is 5.73 Å². The molecule has 7 atom stereocenters. The first-order chi connectivity index (χ1) is 23.0. The highest BCUT2D eigenvalue weighted by atomic mass is 35.5. The standard InChI is InChI=1S/C23H39BClNO19P4/c1-35-46(27,28)44-49(33,34)45-47(29,30)40-17-22-21(16-23(24)41-22)43-48(31,32)42-19-4-5-20(25)18(15-19)3-2-7-36-9-11-38-13-14-39-12-10-37-8-6-26/h4-5,15,21-23H,6-14,16-17,24,26H2,1H3,(H,27,28)(H,29,30)(H,31,32)(H,33,34). The van der Waals surface area contributed by atoms with Gasteiger partial charge in [-0.15, -0.1) is 0 Å². The van der Waals surface area contributed by atoms with E-state index >= 15 is 0 Å². The van der Waals surface area contributed by atoms with Crippen LogP contribution < -0.4 is 10.3 Å². The van der Waals surface area contributed by atoms with E-state index in [4.69, 9.17) is 55.0 Å². The number of benzene rings is 1. The van der Waals surface area contributed by atoms with Crippen LogP contribution >= 0.6 is 42.9 Å². The Bertz CT molecular complexity index is 1430. The van der Waals surface area contributed by atoms with Crippen LogP contribution in [0.5, 0.6) is 5.75 Å². The van der Waals surface area contributed by atoms with Gasteiger partial charge in [-0.05, 0) is 24.6 Å². The van der Waals surface area contributed by atoms with E-state index in [0.717, 1.165) is 0 Å². The molecule has 0 radical (unpaired) electrons. The summed E-state index contributed by atoms with van der Waals surface area (Å²) in [6.07, 6.45) is -2.51. The Hall–Kier alpha value is -0.745. The van der Waals surface area contributed by atoms with Crippen LogP contribution in [0.25, 0.3) is 0 Å². The number of phosphoric ester groups is 3. The van der Waals surface area contributed by atoms with E-state index in [9.17, 15) is 32.9 Å². The molecular weight excluding hydrogens is 764 g/mol. The Morgan fingerprint density at radius 2 is 1.49 bits per heavy atom. The summed E-state index contributed by atoms with van der Waals surface area (Å²) in [6, 6.07) is 3.37. The third-order valence-electron chi connectivity index (χ3n) is 5.63. The number of phosphoric acid groups is 4. The zero-order valence-electron chi connectivity index (χ0n) is 26.4. The van der Waals surface area contributed by atoms with Crippen LogP contribution in [0.2, 0.25) is 5.02 Å². The van der Waals surface area contributed by atoms with Gasteiger partial charge in [-0.2, -0.15) is 8.62 Å². The number of halogens is 1. The quantitative estimate of drug-likeness (QED) is 0.0427. The number of ether oxygens (including phenoxy) is 5. The van der Waals surface area contributed by atoms with Gasteiger partial charge in [0, 0.05) is 25.2 Å². The molecule has 49 heavy (non-hydrogen) atoms. The molecular formula is C23H39BClNO19P4. The summed E-state index contributed by atoms with van der Waals surface area (Å²) in [5.74, 6) is 5.39. The van der Waals surface area contributed by atoms with Crippen LogP contribution in [0.3, 0.4) is 0 Å². The summed E-state index contributed by atoms with van der Waals surface area (Å²) in [5, 5.41) is 0.220. The maximum absolute atomic E-state index is 12.9. The van der Waals surface area contributed by atoms with Crippen molar-refractivity contribution in [3.8, 4) is 17.6 Å². The van der Waals surface area contributed by atoms with Crippen LogP contribution in [0, 0.1) is 11.8 Å². The van der Waals surface area contributed by atoms with Gasteiger partial charge in [0.2, 0.25) is 0 Å². The van der Waals surface area contributed by atoms with E-state index in [1.807, 2.05) is 0 Å². The Kier molecular flexibility index (Phi) is 19.7. The molecule has 0 aromatic heterocycles. The molecule has 7 unspecified atom stereocenters. The number of rotatable bonds is 24. The minimum Gasteiger partial charge on any atom is -0.404 e. The van der Waals surface area contributed by atoms with Gasteiger partial charge in [-0.3, -0.25) is 18.5 Å². The lowest BCUT2D eigenvalue weighted by atomic mass is 9.96. The van der Waals surface area contributed by atoms with E-state index < -0.39 is 56.1 Å². The van der Waals surface area contributed by atoms with Gasteiger partial charge in [0.25, 0.3) is 0 Å². The van der Waals surface area contributed by atoms with Gasteiger partial charge >= 0.3 is 31.3 Å². The molecule has 1 aromatic rings. The highest BCUT2D eigenvalue weighted by Gasteiger charge is 2.44. The van der Waals surface area contributed by atoms with Crippen molar-refractivity contribution in [2.75, 3.05) is 73.1 Å². The molecule has 0 spiro atoms. The van der Waals surface area contributed by atoms with E-state index in [2.05, 4.69) is 29.5 Å². The average molecular weight is 804 g/mol. The van der Waals surface area contributed by atoms with Crippen molar-refractivity contribution in [3.05, 3.63) is 28.8 Å². The van der Waals surface area contributed by atoms with Crippen LogP contribution in [0.4, 0.5) is 0 Å². The third kappa shape index (κ3) is 19.1. The van der Waals surface area contributed by atoms with Crippen molar-refractivity contribution >= 4 is 50.7 Å². The van der Waals surface area contributed by atoms with Gasteiger partial charge < -0.3 is 48.6 Å². The zero-order valence-corrected chi connectivity index (χ0v) is 30.7. The zero-order chi connectivity index (χ0) is 36.6. The Balaban J connectivity index is 1.84. The van der Waals surface area contributed by atoms with Crippen molar-refractivity contribution in [1.82, 2.24) is 0 Å². The lowest BCUT2D eigenvalue weighted by molar-refractivity contribution is -0.00353. The molecule has 1 heterocycles. The summed E-state index contributed by atoms with van der Waals surface area (Å²) >= 11 is 6.18. The van der Waals surface area contributed by atoms with Crippen LogP contribution in [0.1, 0.15) is 12.0 Å². The van der Waals surface area contributed by atoms with Crippen LogP contribution in [0.15, 0.2) is 18.2 Å². The predicted molar refractivity (Wildman–Crippen MR) is 172 cm³/mol. The summed E-state index contributed by atoms with van der Waals surface area (Å²) in [6.45, 7) is 2.39. The monoisotopic (exact) mass is 803 g/mol. The summed E-state index contributed by atoms with van der Waals surface area (Å²) < 4.78 is 102. The fourth-order valence-corrected chi connectivity index (χ4v) is 8.07. The first-order valence-corrected chi connectivity index (χ1v) is 20.6. The topological polar surface area (TPSA) is 277 Å². The lowest BCUT2D eigenvalue weighted by Crippen LogP contribution is -2.28. The molecule has 0 bridgehead atoms. The Morgan fingerprint density at radius 1 is 0.898 bits per heavy atom.